The molecule has 0 unspecified atom stereocenters. The van der Waals surface area contributed by atoms with Crippen molar-refractivity contribution in [1.82, 2.24) is 15.3 Å². The Bertz CT molecular complexity index is 543. The van der Waals surface area contributed by atoms with Gasteiger partial charge >= 0.3 is 0 Å². The van der Waals surface area contributed by atoms with E-state index in [4.69, 9.17) is 4.74 Å². The molecule has 1 aromatic heterocycles. The smallest absolute Gasteiger partial charge is 0.120 e. The van der Waals surface area contributed by atoms with Gasteiger partial charge in [-0.2, -0.15) is 0 Å². The van der Waals surface area contributed by atoms with Gasteiger partial charge in [0, 0.05) is 6.04 Å². The molecule has 1 aliphatic carbocycles. The van der Waals surface area contributed by atoms with E-state index in [-0.39, 0.29) is 0 Å². The van der Waals surface area contributed by atoms with Crippen molar-refractivity contribution < 1.29 is 4.74 Å². The second-order valence-corrected chi connectivity index (χ2v) is 5.27. The lowest BCUT2D eigenvalue weighted by Gasteiger charge is -2.05. The molecule has 0 radical (unpaired) electrons. The number of hydrogen-bond acceptors (Lipinski definition) is 3. The quantitative estimate of drug-likeness (QED) is 0.813. The molecule has 1 aromatic carbocycles. The fraction of sp³-hybridized carbons (Fsp3) is 0.438. The molecule has 2 aromatic rings. The molecule has 0 saturated heterocycles. The van der Waals surface area contributed by atoms with E-state index in [1.54, 1.807) is 0 Å². The molecular formula is C16H21N3O. The van der Waals surface area contributed by atoms with Crippen LogP contribution in [0, 0.1) is 0 Å². The number of rotatable bonds is 7. The number of imidazole rings is 1. The maximum absolute atomic E-state index is 5.59. The van der Waals surface area contributed by atoms with Crippen LogP contribution in [0.5, 0.6) is 5.75 Å². The Morgan fingerprint density at radius 1 is 1.30 bits per heavy atom. The Kier molecular flexibility index (Phi) is 4.02. The van der Waals surface area contributed by atoms with Gasteiger partial charge in [-0.1, -0.05) is 6.92 Å². The topological polar surface area (TPSA) is 49.9 Å². The number of aromatic nitrogens is 2. The van der Waals surface area contributed by atoms with Crippen molar-refractivity contribution in [3.63, 3.8) is 0 Å². The summed E-state index contributed by atoms with van der Waals surface area (Å²) in [6.45, 7) is 3.69. The van der Waals surface area contributed by atoms with Gasteiger partial charge in [0.25, 0.3) is 0 Å². The largest absolute Gasteiger partial charge is 0.494 e. The number of hydrogen-bond donors (Lipinski definition) is 2. The zero-order chi connectivity index (χ0) is 13.8. The van der Waals surface area contributed by atoms with E-state index < -0.39 is 0 Å². The zero-order valence-electron chi connectivity index (χ0n) is 11.9. The number of benzene rings is 1. The molecule has 0 amide bonds. The van der Waals surface area contributed by atoms with E-state index in [1.165, 1.54) is 12.8 Å². The van der Waals surface area contributed by atoms with Gasteiger partial charge in [0.15, 0.2) is 0 Å². The molecule has 20 heavy (non-hydrogen) atoms. The SMILES string of the molecule is CCCOc1ccc(-c2cnc(CNC3CC3)[nH]2)cc1. The van der Waals surface area contributed by atoms with Crippen molar-refractivity contribution in [3.8, 4) is 17.0 Å². The third-order valence-electron chi connectivity index (χ3n) is 3.40. The summed E-state index contributed by atoms with van der Waals surface area (Å²) in [5, 5.41) is 3.46. The summed E-state index contributed by atoms with van der Waals surface area (Å²) in [4.78, 5) is 7.78. The Labute approximate surface area is 119 Å². The molecule has 0 atom stereocenters. The van der Waals surface area contributed by atoms with Gasteiger partial charge in [0.2, 0.25) is 0 Å². The van der Waals surface area contributed by atoms with Crippen molar-refractivity contribution in [2.45, 2.75) is 38.8 Å². The highest BCUT2D eigenvalue weighted by Crippen LogP contribution is 2.22. The molecule has 3 rings (SSSR count). The van der Waals surface area contributed by atoms with Crippen molar-refractivity contribution in [2.24, 2.45) is 0 Å². The summed E-state index contributed by atoms with van der Waals surface area (Å²) in [6, 6.07) is 8.85. The van der Waals surface area contributed by atoms with Crippen LogP contribution in [0.4, 0.5) is 0 Å². The predicted octanol–water partition coefficient (Wildman–Crippen LogP) is 3.12. The van der Waals surface area contributed by atoms with Gasteiger partial charge in [-0.05, 0) is 49.1 Å². The number of ether oxygens (including phenoxy) is 1. The minimum Gasteiger partial charge on any atom is -0.494 e. The molecule has 2 N–H and O–H groups in total. The van der Waals surface area contributed by atoms with Gasteiger partial charge < -0.3 is 15.0 Å². The molecule has 0 bridgehead atoms. The zero-order valence-corrected chi connectivity index (χ0v) is 11.9. The number of H-pyrrole nitrogens is 1. The first-order valence-corrected chi connectivity index (χ1v) is 7.35. The van der Waals surface area contributed by atoms with E-state index in [0.717, 1.165) is 42.4 Å². The third kappa shape index (κ3) is 3.39. The first-order valence-electron chi connectivity index (χ1n) is 7.35. The van der Waals surface area contributed by atoms with Crippen molar-refractivity contribution >= 4 is 0 Å². The highest BCUT2D eigenvalue weighted by Gasteiger charge is 2.20. The third-order valence-corrected chi connectivity index (χ3v) is 3.40. The van der Waals surface area contributed by atoms with E-state index in [2.05, 4.69) is 34.3 Å². The number of nitrogens with zero attached hydrogens (tertiary/aromatic N) is 1. The molecular weight excluding hydrogens is 250 g/mol. The molecule has 0 aliphatic heterocycles. The van der Waals surface area contributed by atoms with Crippen LogP contribution >= 0.6 is 0 Å². The van der Waals surface area contributed by atoms with Crippen LogP contribution < -0.4 is 10.1 Å². The molecule has 4 nitrogen and oxygen atoms in total. The summed E-state index contributed by atoms with van der Waals surface area (Å²) >= 11 is 0. The average Bonchev–Trinajstić information content (AvgIpc) is 3.20. The molecule has 0 spiro atoms. The Morgan fingerprint density at radius 3 is 2.80 bits per heavy atom. The molecule has 106 valence electrons. The summed E-state index contributed by atoms with van der Waals surface area (Å²) in [5.74, 6) is 1.92. The van der Waals surface area contributed by atoms with Gasteiger partial charge in [-0.15, -0.1) is 0 Å². The van der Waals surface area contributed by atoms with Crippen molar-refractivity contribution in [3.05, 3.63) is 36.3 Å². The molecule has 1 saturated carbocycles. The second kappa shape index (κ2) is 6.09. The first kappa shape index (κ1) is 13.2. The molecule has 4 heteroatoms. The standard InChI is InChI=1S/C16H21N3O/c1-2-9-20-14-7-3-12(4-8-14)15-10-18-16(19-15)11-17-13-5-6-13/h3-4,7-8,10,13,17H,2,5-6,9,11H2,1H3,(H,18,19). The van der Waals surface area contributed by atoms with Crippen LogP contribution in [-0.4, -0.2) is 22.6 Å². The van der Waals surface area contributed by atoms with Crippen LogP contribution in [0.2, 0.25) is 0 Å². The van der Waals surface area contributed by atoms with Gasteiger partial charge in [0.05, 0.1) is 25.0 Å². The van der Waals surface area contributed by atoms with Gasteiger partial charge in [-0.3, -0.25) is 0 Å². The summed E-state index contributed by atoms with van der Waals surface area (Å²) < 4.78 is 5.59. The lowest BCUT2D eigenvalue weighted by Crippen LogP contribution is -2.16. The minimum absolute atomic E-state index is 0.707. The summed E-state index contributed by atoms with van der Waals surface area (Å²) in [6.07, 6.45) is 5.52. The van der Waals surface area contributed by atoms with Crippen LogP contribution in [0.3, 0.4) is 0 Å². The Hall–Kier alpha value is -1.81. The lowest BCUT2D eigenvalue weighted by molar-refractivity contribution is 0.317. The monoisotopic (exact) mass is 271 g/mol. The lowest BCUT2D eigenvalue weighted by atomic mass is 10.2. The summed E-state index contributed by atoms with van der Waals surface area (Å²) in [5.41, 5.74) is 2.19. The predicted molar refractivity (Wildman–Crippen MR) is 79.7 cm³/mol. The summed E-state index contributed by atoms with van der Waals surface area (Å²) in [7, 11) is 0. The minimum atomic E-state index is 0.707. The van der Waals surface area contributed by atoms with E-state index in [0.29, 0.717) is 6.04 Å². The van der Waals surface area contributed by atoms with Crippen LogP contribution in [-0.2, 0) is 6.54 Å². The van der Waals surface area contributed by atoms with E-state index >= 15 is 0 Å². The number of aromatic amines is 1. The fourth-order valence-electron chi connectivity index (χ4n) is 2.08. The van der Waals surface area contributed by atoms with Crippen LogP contribution in [0.25, 0.3) is 11.3 Å². The van der Waals surface area contributed by atoms with Crippen LogP contribution in [0.1, 0.15) is 32.0 Å². The second-order valence-electron chi connectivity index (χ2n) is 5.27. The van der Waals surface area contributed by atoms with Crippen molar-refractivity contribution in [1.29, 1.82) is 0 Å². The maximum Gasteiger partial charge on any atom is 0.120 e. The Balaban J connectivity index is 1.62. The fourth-order valence-corrected chi connectivity index (χ4v) is 2.08. The van der Waals surface area contributed by atoms with Crippen molar-refractivity contribution in [2.75, 3.05) is 6.61 Å². The van der Waals surface area contributed by atoms with Crippen LogP contribution in [0.15, 0.2) is 30.5 Å². The first-order chi connectivity index (χ1) is 9.85. The molecule has 1 aliphatic rings. The highest BCUT2D eigenvalue weighted by molar-refractivity contribution is 5.59. The average molecular weight is 271 g/mol. The van der Waals surface area contributed by atoms with E-state index in [1.807, 2.05) is 18.3 Å². The number of nitrogens with one attached hydrogen (secondary N) is 2. The van der Waals surface area contributed by atoms with Gasteiger partial charge in [-0.25, -0.2) is 4.98 Å². The highest BCUT2D eigenvalue weighted by atomic mass is 16.5. The molecule has 1 heterocycles. The molecule has 1 fully saturated rings. The van der Waals surface area contributed by atoms with E-state index in [9.17, 15) is 0 Å². The maximum atomic E-state index is 5.59. The normalized spacial score (nSPS) is 14.4. The Morgan fingerprint density at radius 2 is 2.10 bits per heavy atom. The van der Waals surface area contributed by atoms with Gasteiger partial charge in [0.1, 0.15) is 11.6 Å².